The molecule has 6 nitrogen and oxygen atoms in total. The van der Waals surface area contributed by atoms with Crippen LogP contribution in [-0.4, -0.2) is 37.2 Å². The van der Waals surface area contributed by atoms with Gasteiger partial charge in [-0.05, 0) is 31.1 Å². The van der Waals surface area contributed by atoms with Crippen molar-refractivity contribution in [1.82, 2.24) is 0 Å². The molecule has 0 aliphatic carbocycles. The standard InChI is InChI=1S/C56H108O6/c1-6-8-9-10-11-12-13-14-17-21-28-33-38-43-48-56(59)62-53(50-61-55(58)47-42-37-32-27-23-22-25-30-35-40-45-52(5)7-2)49-60-54(57)46-41-36-31-26-20-18-15-16-19-24-29-34-39-44-51(3)4/h51-53H,6-50H2,1-5H3/t52?,53-/m0/s1. The van der Waals surface area contributed by atoms with Crippen molar-refractivity contribution in [3.63, 3.8) is 0 Å². The van der Waals surface area contributed by atoms with E-state index in [-0.39, 0.29) is 31.1 Å². The second kappa shape index (κ2) is 48.9. The smallest absolute Gasteiger partial charge is 0.306 e. The van der Waals surface area contributed by atoms with Crippen LogP contribution in [0, 0.1) is 11.8 Å². The van der Waals surface area contributed by atoms with Crippen LogP contribution in [0.15, 0.2) is 0 Å². The molecule has 0 radical (unpaired) electrons. The molecule has 0 aromatic rings. The normalized spacial score (nSPS) is 12.5. The SMILES string of the molecule is CCCCCCCCCCCCCCCCC(=O)O[C@@H](COC(=O)CCCCCCCCCCCCCCCC(C)C)COC(=O)CCCCCCCCCCCCC(C)CC. The summed E-state index contributed by atoms with van der Waals surface area (Å²) in [5, 5.41) is 0. The Bertz CT molecular complexity index is 949. The van der Waals surface area contributed by atoms with Gasteiger partial charge in [-0.2, -0.15) is 0 Å². The molecular formula is C56H108O6. The van der Waals surface area contributed by atoms with Crippen molar-refractivity contribution in [1.29, 1.82) is 0 Å². The highest BCUT2D eigenvalue weighted by Gasteiger charge is 2.19. The summed E-state index contributed by atoms with van der Waals surface area (Å²) < 4.78 is 16.9. The van der Waals surface area contributed by atoms with Crippen LogP contribution < -0.4 is 0 Å². The summed E-state index contributed by atoms with van der Waals surface area (Å²) in [6.07, 6.45) is 50.8. The quantitative estimate of drug-likeness (QED) is 0.0344. The van der Waals surface area contributed by atoms with Crippen molar-refractivity contribution in [2.24, 2.45) is 11.8 Å². The minimum absolute atomic E-state index is 0.0631. The number of unbranched alkanes of at least 4 members (excludes halogenated alkanes) is 34. The van der Waals surface area contributed by atoms with Crippen molar-refractivity contribution in [3.8, 4) is 0 Å². The zero-order valence-electron chi connectivity index (χ0n) is 42.5. The van der Waals surface area contributed by atoms with Crippen LogP contribution in [0.3, 0.4) is 0 Å². The van der Waals surface area contributed by atoms with Crippen molar-refractivity contribution in [2.45, 2.75) is 317 Å². The fourth-order valence-electron chi connectivity index (χ4n) is 8.49. The fourth-order valence-corrected chi connectivity index (χ4v) is 8.49. The first-order valence-electron chi connectivity index (χ1n) is 27.8. The molecule has 0 aromatic heterocycles. The molecule has 0 rings (SSSR count). The highest BCUT2D eigenvalue weighted by molar-refractivity contribution is 5.71. The third-order valence-corrected chi connectivity index (χ3v) is 13.1. The van der Waals surface area contributed by atoms with Gasteiger partial charge in [-0.15, -0.1) is 0 Å². The summed E-state index contributed by atoms with van der Waals surface area (Å²) >= 11 is 0. The molecule has 62 heavy (non-hydrogen) atoms. The second-order valence-electron chi connectivity index (χ2n) is 19.9. The Kier molecular flexibility index (Phi) is 47.6. The van der Waals surface area contributed by atoms with E-state index in [1.165, 1.54) is 199 Å². The maximum absolute atomic E-state index is 12.8. The van der Waals surface area contributed by atoms with E-state index in [2.05, 4.69) is 34.6 Å². The van der Waals surface area contributed by atoms with Crippen LogP contribution in [0.4, 0.5) is 0 Å². The van der Waals surface area contributed by atoms with Gasteiger partial charge in [-0.3, -0.25) is 14.4 Å². The molecule has 0 heterocycles. The van der Waals surface area contributed by atoms with Gasteiger partial charge in [0.15, 0.2) is 6.10 Å². The van der Waals surface area contributed by atoms with E-state index in [4.69, 9.17) is 14.2 Å². The van der Waals surface area contributed by atoms with E-state index in [0.29, 0.717) is 19.3 Å². The summed E-state index contributed by atoms with van der Waals surface area (Å²) in [5.74, 6) is 0.867. The number of hydrogen-bond donors (Lipinski definition) is 0. The minimum Gasteiger partial charge on any atom is -0.462 e. The minimum atomic E-state index is -0.762. The molecule has 0 spiro atoms. The number of esters is 3. The Morgan fingerprint density at radius 2 is 0.613 bits per heavy atom. The van der Waals surface area contributed by atoms with Gasteiger partial charge in [0.05, 0.1) is 0 Å². The monoisotopic (exact) mass is 877 g/mol. The molecule has 0 aliphatic rings. The van der Waals surface area contributed by atoms with Crippen LogP contribution in [0.1, 0.15) is 311 Å². The summed E-state index contributed by atoms with van der Waals surface area (Å²) in [7, 11) is 0. The van der Waals surface area contributed by atoms with Gasteiger partial charge in [0, 0.05) is 19.3 Å². The Hall–Kier alpha value is -1.59. The van der Waals surface area contributed by atoms with E-state index in [0.717, 1.165) is 69.6 Å². The molecule has 1 unspecified atom stereocenters. The molecule has 0 saturated carbocycles. The van der Waals surface area contributed by atoms with Crippen LogP contribution >= 0.6 is 0 Å². The molecule has 2 atom stereocenters. The first-order chi connectivity index (χ1) is 30.3. The fraction of sp³-hybridized carbons (Fsp3) is 0.946. The zero-order chi connectivity index (χ0) is 45.4. The van der Waals surface area contributed by atoms with E-state index >= 15 is 0 Å². The number of rotatable bonds is 50. The third kappa shape index (κ3) is 47.9. The molecule has 0 saturated heterocycles. The first kappa shape index (κ1) is 60.4. The molecule has 368 valence electrons. The molecule has 0 aliphatic heterocycles. The van der Waals surface area contributed by atoms with Crippen molar-refractivity contribution >= 4 is 17.9 Å². The van der Waals surface area contributed by atoms with Gasteiger partial charge < -0.3 is 14.2 Å². The lowest BCUT2D eigenvalue weighted by molar-refractivity contribution is -0.167. The van der Waals surface area contributed by atoms with Gasteiger partial charge in [0.2, 0.25) is 0 Å². The molecule has 0 aromatic carbocycles. The maximum atomic E-state index is 12.8. The molecule has 0 fully saturated rings. The van der Waals surface area contributed by atoms with Crippen molar-refractivity contribution in [3.05, 3.63) is 0 Å². The summed E-state index contributed by atoms with van der Waals surface area (Å²) in [4.78, 5) is 38.1. The van der Waals surface area contributed by atoms with Crippen LogP contribution in [0.2, 0.25) is 0 Å². The van der Waals surface area contributed by atoms with Crippen LogP contribution in [0.25, 0.3) is 0 Å². The lowest BCUT2D eigenvalue weighted by atomic mass is 9.99. The van der Waals surface area contributed by atoms with E-state index in [1.807, 2.05) is 0 Å². The summed E-state index contributed by atoms with van der Waals surface area (Å²) in [6, 6.07) is 0. The Labute approximate surface area is 387 Å². The molecule has 6 heteroatoms. The van der Waals surface area contributed by atoms with Gasteiger partial charge in [-0.1, -0.05) is 272 Å². The summed E-state index contributed by atoms with van der Waals surface area (Å²) in [6.45, 7) is 11.4. The lowest BCUT2D eigenvalue weighted by Gasteiger charge is -2.18. The topological polar surface area (TPSA) is 78.9 Å². The molecule has 0 amide bonds. The maximum Gasteiger partial charge on any atom is 0.306 e. The Morgan fingerprint density at radius 1 is 0.339 bits per heavy atom. The zero-order valence-corrected chi connectivity index (χ0v) is 42.5. The van der Waals surface area contributed by atoms with E-state index < -0.39 is 6.10 Å². The first-order valence-corrected chi connectivity index (χ1v) is 27.8. The largest absolute Gasteiger partial charge is 0.462 e. The van der Waals surface area contributed by atoms with Crippen molar-refractivity contribution < 1.29 is 28.6 Å². The molecule has 0 bridgehead atoms. The predicted molar refractivity (Wildman–Crippen MR) is 266 cm³/mol. The highest BCUT2D eigenvalue weighted by Crippen LogP contribution is 2.18. The number of carbonyl (C=O) groups excluding carboxylic acids is 3. The lowest BCUT2D eigenvalue weighted by Crippen LogP contribution is -2.30. The Morgan fingerprint density at radius 3 is 0.919 bits per heavy atom. The molecular weight excluding hydrogens is 769 g/mol. The van der Waals surface area contributed by atoms with Gasteiger partial charge in [0.1, 0.15) is 13.2 Å². The van der Waals surface area contributed by atoms with Crippen LogP contribution in [0.5, 0.6) is 0 Å². The molecule has 0 N–H and O–H groups in total. The number of hydrogen-bond acceptors (Lipinski definition) is 6. The average molecular weight is 877 g/mol. The van der Waals surface area contributed by atoms with Crippen LogP contribution in [-0.2, 0) is 28.6 Å². The highest BCUT2D eigenvalue weighted by atomic mass is 16.6. The summed E-state index contributed by atoms with van der Waals surface area (Å²) in [5.41, 5.74) is 0. The second-order valence-corrected chi connectivity index (χ2v) is 19.9. The van der Waals surface area contributed by atoms with Gasteiger partial charge >= 0.3 is 17.9 Å². The number of ether oxygens (including phenoxy) is 3. The van der Waals surface area contributed by atoms with Gasteiger partial charge in [-0.25, -0.2) is 0 Å². The average Bonchev–Trinajstić information content (AvgIpc) is 3.26. The Balaban J connectivity index is 4.31. The van der Waals surface area contributed by atoms with E-state index in [9.17, 15) is 14.4 Å². The number of carbonyl (C=O) groups is 3. The van der Waals surface area contributed by atoms with Gasteiger partial charge in [0.25, 0.3) is 0 Å². The van der Waals surface area contributed by atoms with Crippen molar-refractivity contribution in [2.75, 3.05) is 13.2 Å². The predicted octanol–water partition coefficient (Wildman–Crippen LogP) is 18.1. The third-order valence-electron chi connectivity index (χ3n) is 13.1. The van der Waals surface area contributed by atoms with E-state index in [1.54, 1.807) is 0 Å².